The maximum absolute atomic E-state index is 12.2. The van der Waals surface area contributed by atoms with E-state index in [4.69, 9.17) is 33.5 Å². The number of carboxylic acid groups (broad SMARTS) is 1. The van der Waals surface area contributed by atoms with E-state index in [-0.39, 0.29) is 0 Å². The Bertz CT molecular complexity index is 960. The molecule has 3 rings (SSSR count). The third kappa shape index (κ3) is 7.63. The van der Waals surface area contributed by atoms with E-state index in [0.29, 0.717) is 0 Å². The van der Waals surface area contributed by atoms with Crippen LogP contribution in [-0.2, 0) is 38.0 Å². The number of nitrogens with one attached hydrogen (secondary N) is 1. The van der Waals surface area contributed by atoms with Crippen molar-refractivity contribution in [3.05, 3.63) is 0 Å². The zero-order chi connectivity index (χ0) is 33.1. The molecule has 3 heterocycles. The number of methoxy groups -OCH3 is 1. The molecule has 0 aromatic heterocycles. The number of aliphatic hydroxyl groups is 10. The number of ether oxygens (including phenoxy) is 6. The Morgan fingerprint density at radius 2 is 1.57 bits per heavy atom. The molecule has 0 radical (unpaired) electrons. The maximum atomic E-state index is 12.2. The van der Waals surface area contributed by atoms with Crippen LogP contribution in [0.2, 0.25) is 0 Å². The summed E-state index contributed by atoms with van der Waals surface area (Å²) in [6, 6.07) is -1.23. The lowest BCUT2D eigenvalue weighted by Gasteiger charge is -2.48. The molecule has 16 atom stereocenters. The molecular weight excluding hydrogens is 606 g/mol. The van der Waals surface area contributed by atoms with Gasteiger partial charge < -0.3 is 89.9 Å². The molecule has 0 aromatic rings. The van der Waals surface area contributed by atoms with Crippen LogP contribution in [0.4, 0.5) is 0 Å². The molecule has 0 unspecified atom stereocenters. The Labute approximate surface area is 249 Å². The highest BCUT2D eigenvalue weighted by molar-refractivity contribution is 5.76. The van der Waals surface area contributed by atoms with Gasteiger partial charge in [0.2, 0.25) is 5.91 Å². The minimum absolute atomic E-state index is 0.582. The topological polar surface area (TPSA) is 324 Å². The molecule has 1 amide bonds. The predicted molar refractivity (Wildman–Crippen MR) is 135 cm³/mol. The van der Waals surface area contributed by atoms with E-state index in [1.807, 2.05) is 0 Å². The van der Waals surface area contributed by atoms with Gasteiger partial charge in [0, 0.05) is 20.5 Å². The highest BCUT2D eigenvalue weighted by Gasteiger charge is 2.57. The van der Waals surface area contributed by atoms with Crippen molar-refractivity contribution < 1.29 is 94.2 Å². The molecule has 0 saturated carbocycles. The van der Waals surface area contributed by atoms with Crippen LogP contribution in [0.25, 0.3) is 0 Å². The van der Waals surface area contributed by atoms with Gasteiger partial charge in [0.25, 0.3) is 5.79 Å². The lowest BCUT2D eigenvalue weighted by Crippen LogP contribution is -2.68. The number of aliphatic carboxylic acids is 1. The van der Waals surface area contributed by atoms with Gasteiger partial charge in [-0.1, -0.05) is 0 Å². The number of carboxylic acids is 1. The van der Waals surface area contributed by atoms with Gasteiger partial charge in [0.1, 0.15) is 73.2 Å². The number of hydrogen-bond donors (Lipinski definition) is 12. The van der Waals surface area contributed by atoms with Gasteiger partial charge >= 0.3 is 5.97 Å². The highest BCUT2D eigenvalue weighted by Crippen LogP contribution is 2.35. The number of carbonyl (C=O) groups is 2. The minimum atomic E-state index is -2.82. The first-order valence-electron chi connectivity index (χ1n) is 13.6. The molecule has 0 spiro atoms. The number of rotatable bonds is 12. The van der Waals surface area contributed by atoms with Gasteiger partial charge in [-0.25, -0.2) is 4.79 Å². The molecule has 0 bridgehead atoms. The molecular formula is C24H41NO19. The van der Waals surface area contributed by atoms with Gasteiger partial charge in [0.15, 0.2) is 12.6 Å². The molecule has 3 aliphatic rings. The van der Waals surface area contributed by atoms with Crippen LogP contribution in [0.15, 0.2) is 0 Å². The van der Waals surface area contributed by atoms with Gasteiger partial charge in [-0.15, -0.1) is 0 Å². The zero-order valence-corrected chi connectivity index (χ0v) is 23.7. The average molecular weight is 648 g/mol. The van der Waals surface area contributed by atoms with Crippen LogP contribution in [-0.4, -0.2) is 193 Å². The standard InChI is InChI=1S/C24H41NO19/c1-7(28)25-12-16(34)19(10(5-27)41-21(12)39-2)43-22-18(36)17(35)15(33)11(42-22)6-40-24(23(37)38)3-8(29)13(31)20(44-24)14(32)9(30)4-26/h8-22,26-27,29-36H,3-6H2,1-2H3,(H,25,28)(H,37,38)/t8-,9+,10+,11+,12+,13+,14+,15-,16+,17-,18+,19+,20+,21+,22-,24+/m0/s1. The maximum Gasteiger partial charge on any atom is 0.364 e. The first-order valence-corrected chi connectivity index (χ1v) is 13.6. The van der Waals surface area contributed by atoms with Crippen LogP contribution in [0.3, 0.4) is 0 Å². The SMILES string of the molecule is CO[C@@H]1O[C@H](CO)[C@@H](O[C@@H]2O[C@H](CO[C@]3(C(=O)O)C[C@H](O)[C@@H](O)[C@H]([C@H](O)[C@H](O)CO)O3)[C@H](O)[C@H](O)[C@H]2O)[C@H](O)[C@H]1NC(C)=O. The van der Waals surface area contributed by atoms with Crippen molar-refractivity contribution >= 4 is 11.9 Å². The Balaban J connectivity index is 1.80. The van der Waals surface area contributed by atoms with E-state index in [9.17, 15) is 60.7 Å². The summed E-state index contributed by atoms with van der Waals surface area (Å²) in [4.78, 5) is 23.9. The predicted octanol–water partition coefficient (Wildman–Crippen LogP) is -7.57. The third-order valence-corrected chi connectivity index (χ3v) is 7.67. The summed E-state index contributed by atoms with van der Waals surface area (Å²) in [5.41, 5.74) is 0. The van der Waals surface area contributed by atoms with Crippen molar-refractivity contribution in [2.24, 2.45) is 0 Å². The molecule has 3 aliphatic heterocycles. The van der Waals surface area contributed by atoms with Crippen molar-refractivity contribution in [1.82, 2.24) is 5.32 Å². The normalized spacial score (nSPS) is 44.5. The van der Waals surface area contributed by atoms with Gasteiger partial charge in [0.05, 0.1) is 25.9 Å². The van der Waals surface area contributed by atoms with Gasteiger partial charge in [-0.2, -0.15) is 0 Å². The van der Waals surface area contributed by atoms with Crippen molar-refractivity contribution in [2.75, 3.05) is 26.9 Å². The van der Waals surface area contributed by atoms with Crippen molar-refractivity contribution in [1.29, 1.82) is 0 Å². The van der Waals surface area contributed by atoms with Crippen LogP contribution >= 0.6 is 0 Å². The molecule has 3 fully saturated rings. The van der Waals surface area contributed by atoms with E-state index in [2.05, 4.69) is 5.32 Å². The average Bonchev–Trinajstić information content (AvgIpc) is 2.99. The van der Waals surface area contributed by atoms with Crippen LogP contribution < -0.4 is 5.32 Å². The smallest absolute Gasteiger partial charge is 0.364 e. The summed E-state index contributed by atoms with van der Waals surface area (Å²) in [5.74, 6) is -5.28. The van der Waals surface area contributed by atoms with E-state index in [0.717, 1.165) is 6.92 Å². The van der Waals surface area contributed by atoms with E-state index in [1.165, 1.54) is 7.11 Å². The summed E-state index contributed by atoms with van der Waals surface area (Å²) in [6.45, 7) is -1.55. The van der Waals surface area contributed by atoms with Crippen molar-refractivity contribution in [2.45, 2.75) is 111 Å². The van der Waals surface area contributed by atoms with E-state index >= 15 is 0 Å². The molecule has 12 N–H and O–H groups in total. The zero-order valence-electron chi connectivity index (χ0n) is 23.7. The largest absolute Gasteiger partial charge is 0.477 e. The number of carbonyl (C=O) groups excluding carboxylic acids is 1. The number of amides is 1. The second kappa shape index (κ2) is 15.3. The fraction of sp³-hybridized carbons (Fsp3) is 0.917. The molecule has 256 valence electrons. The summed E-state index contributed by atoms with van der Waals surface area (Å²) in [7, 11) is 1.22. The van der Waals surface area contributed by atoms with Crippen LogP contribution in [0.5, 0.6) is 0 Å². The first-order chi connectivity index (χ1) is 20.6. The second-order valence-electron chi connectivity index (χ2n) is 10.7. The number of aliphatic hydroxyl groups excluding tert-OH is 10. The second-order valence-corrected chi connectivity index (χ2v) is 10.7. The van der Waals surface area contributed by atoms with Crippen molar-refractivity contribution in [3.63, 3.8) is 0 Å². The highest BCUT2D eigenvalue weighted by atomic mass is 16.8. The fourth-order valence-corrected chi connectivity index (χ4v) is 5.21. The third-order valence-electron chi connectivity index (χ3n) is 7.67. The molecule has 0 aliphatic carbocycles. The van der Waals surface area contributed by atoms with Crippen LogP contribution in [0, 0.1) is 0 Å². The molecule has 20 heteroatoms. The molecule has 0 aromatic carbocycles. The number of hydrogen-bond acceptors (Lipinski definition) is 18. The van der Waals surface area contributed by atoms with Crippen LogP contribution in [0.1, 0.15) is 13.3 Å². The summed E-state index contributed by atoms with van der Waals surface area (Å²) in [6.07, 6.45) is -25.9. The molecule has 3 saturated heterocycles. The summed E-state index contributed by atoms with van der Waals surface area (Å²) < 4.78 is 32.5. The quantitative estimate of drug-likeness (QED) is 0.0935. The van der Waals surface area contributed by atoms with E-state index < -0.39 is 136 Å². The lowest BCUT2D eigenvalue weighted by molar-refractivity contribution is -0.362. The van der Waals surface area contributed by atoms with E-state index in [1.54, 1.807) is 0 Å². The summed E-state index contributed by atoms with van der Waals surface area (Å²) >= 11 is 0. The summed E-state index contributed by atoms with van der Waals surface area (Å²) in [5, 5.41) is 114. The minimum Gasteiger partial charge on any atom is -0.477 e. The lowest BCUT2D eigenvalue weighted by atomic mass is 9.90. The monoisotopic (exact) mass is 647 g/mol. The first kappa shape index (κ1) is 36.8. The Morgan fingerprint density at radius 3 is 2.11 bits per heavy atom. The van der Waals surface area contributed by atoms with Gasteiger partial charge in [-0.3, -0.25) is 4.79 Å². The Hall–Kier alpha value is -1.70. The Morgan fingerprint density at radius 1 is 0.932 bits per heavy atom. The fourth-order valence-electron chi connectivity index (χ4n) is 5.21. The molecule has 44 heavy (non-hydrogen) atoms. The Kier molecular flexibility index (Phi) is 12.8. The molecule has 20 nitrogen and oxygen atoms in total. The van der Waals surface area contributed by atoms with Crippen molar-refractivity contribution in [3.8, 4) is 0 Å². The van der Waals surface area contributed by atoms with Gasteiger partial charge in [-0.05, 0) is 0 Å².